The van der Waals surface area contributed by atoms with Crippen molar-refractivity contribution in [3.05, 3.63) is 71.0 Å². The van der Waals surface area contributed by atoms with E-state index in [1.807, 2.05) is 30.3 Å². The van der Waals surface area contributed by atoms with Crippen LogP contribution in [0.4, 0.5) is 5.69 Å². The summed E-state index contributed by atoms with van der Waals surface area (Å²) in [5.41, 5.74) is 2.14. The molecule has 0 radical (unpaired) electrons. The monoisotopic (exact) mass is 398 g/mol. The molecule has 1 N–H and O–H groups in total. The first-order valence-electron chi connectivity index (χ1n) is 8.43. The summed E-state index contributed by atoms with van der Waals surface area (Å²) in [7, 11) is 2.99. The second-order valence-corrected chi connectivity index (χ2v) is 6.24. The van der Waals surface area contributed by atoms with Crippen LogP contribution in [0.2, 0.25) is 5.02 Å². The standard InChI is InChI=1S/C20H19ClN4O3/c1-27-18-11-17(19(28-2)10-16(18)21)22-20(26)9-8-15-13-25(24-23-15)12-14-6-4-3-5-7-14/h3-11,13H,12H2,1-2H3,(H,22,26)/b9-8+. The second kappa shape index (κ2) is 9.05. The number of nitrogens with one attached hydrogen (secondary N) is 1. The molecule has 3 aromatic rings. The third kappa shape index (κ3) is 4.89. The molecule has 0 bridgehead atoms. The lowest BCUT2D eigenvalue weighted by Crippen LogP contribution is -2.09. The van der Waals surface area contributed by atoms with Crippen molar-refractivity contribution >= 4 is 29.3 Å². The first-order valence-corrected chi connectivity index (χ1v) is 8.81. The van der Waals surface area contributed by atoms with E-state index in [1.165, 1.54) is 20.3 Å². The number of aromatic nitrogens is 3. The van der Waals surface area contributed by atoms with E-state index < -0.39 is 0 Å². The average molecular weight is 399 g/mol. The van der Waals surface area contributed by atoms with Crippen LogP contribution in [0.3, 0.4) is 0 Å². The topological polar surface area (TPSA) is 78.3 Å². The molecule has 28 heavy (non-hydrogen) atoms. The van der Waals surface area contributed by atoms with Gasteiger partial charge in [-0.2, -0.15) is 0 Å². The minimum Gasteiger partial charge on any atom is -0.495 e. The van der Waals surface area contributed by atoms with Gasteiger partial charge in [0.1, 0.15) is 17.2 Å². The third-order valence-electron chi connectivity index (χ3n) is 3.88. The molecule has 2 aromatic carbocycles. The van der Waals surface area contributed by atoms with Crippen LogP contribution >= 0.6 is 11.6 Å². The molecule has 1 heterocycles. The van der Waals surface area contributed by atoms with E-state index in [0.717, 1.165) is 5.56 Å². The van der Waals surface area contributed by atoms with Gasteiger partial charge in [0.15, 0.2) is 0 Å². The van der Waals surface area contributed by atoms with Crippen molar-refractivity contribution in [3.63, 3.8) is 0 Å². The summed E-state index contributed by atoms with van der Waals surface area (Å²) in [6.45, 7) is 0.607. The number of carbonyl (C=O) groups is 1. The average Bonchev–Trinajstić information content (AvgIpc) is 3.15. The maximum Gasteiger partial charge on any atom is 0.248 e. The molecule has 0 aliphatic carbocycles. The quantitative estimate of drug-likeness (QED) is 0.614. The number of halogens is 1. The first-order chi connectivity index (χ1) is 13.6. The van der Waals surface area contributed by atoms with E-state index in [0.29, 0.717) is 34.4 Å². The number of hydrogen-bond acceptors (Lipinski definition) is 5. The Bertz CT molecular complexity index is 986. The van der Waals surface area contributed by atoms with Gasteiger partial charge in [-0.1, -0.05) is 47.1 Å². The van der Waals surface area contributed by atoms with Gasteiger partial charge < -0.3 is 14.8 Å². The Morgan fingerprint density at radius 1 is 1.18 bits per heavy atom. The summed E-state index contributed by atoms with van der Waals surface area (Å²) in [6.07, 6.45) is 4.73. The number of carbonyl (C=O) groups excluding carboxylic acids is 1. The first kappa shape index (κ1) is 19.4. The molecule has 144 valence electrons. The van der Waals surface area contributed by atoms with Gasteiger partial charge in [-0.25, -0.2) is 4.68 Å². The van der Waals surface area contributed by atoms with Crippen molar-refractivity contribution in [2.24, 2.45) is 0 Å². The number of anilines is 1. The van der Waals surface area contributed by atoms with Crippen LogP contribution in [-0.4, -0.2) is 35.1 Å². The van der Waals surface area contributed by atoms with Crippen LogP contribution in [0, 0.1) is 0 Å². The molecule has 0 spiro atoms. The SMILES string of the molecule is COc1cc(NC(=O)/C=C/c2cn(Cc3ccccc3)nn2)c(OC)cc1Cl. The lowest BCUT2D eigenvalue weighted by molar-refractivity contribution is -0.111. The molecule has 0 aliphatic rings. The van der Waals surface area contributed by atoms with E-state index in [1.54, 1.807) is 29.1 Å². The lowest BCUT2D eigenvalue weighted by atomic mass is 10.2. The number of benzene rings is 2. The van der Waals surface area contributed by atoms with E-state index >= 15 is 0 Å². The zero-order chi connectivity index (χ0) is 19.9. The molecule has 0 saturated carbocycles. The lowest BCUT2D eigenvalue weighted by Gasteiger charge is -2.12. The fourth-order valence-corrected chi connectivity index (χ4v) is 2.76. The van der Waals surface area contributed by atoms with Gasteiger partial charge in [-0.05, 0) is 11.6 Å². The highest BCUT2D eigenvalue weighted by Crippen LogP contribution is 2.35. The van der Waals surface area contributed by atoms with Gasteiger partial charge in [-0.15, -0.1) is 5.10 Å². The molecule has 0 saturated heterocycles. The Morgan fingerprint density at radius 3 is 2.64 bits per heavy atom. The summed E-state index contributed by atoms with van der Waals surface area (Å²) >= 11 is 6.07. The van der Waals surface area contributed by atoms with E-state index in [4.69, 9.17) is 21.1 Å². The molecule has 0 unspecified atom stereocenters. The summed E-state index contributed by atoms with van der Waals surface area (Å²) in [5, 5.41) is 11.2. The smallest absolute Gasteiger partial charge is 0.248 e. The molecule has 7 nitrogen and oxygen atoms in total. The van der Waals surface area contributed by atoms with Gasteiger partial charge in [0.25, 0.3) is 0 Å². The maximum atomic E-state index is 12.3. The predicted octanol–water partition coefficient (Wildman–Crippen LogP) is 3.65. The number of amides is 1. The van der Waals surface area contributed by atoms with Crippen LogP contribution in [0.5, 0.6) is 11.5 Å². The maximum absolute atomic E-state index is 12.3. The van der Waals surface area contributed by atoms with E-state index in [2.05, 4.69) is 15.6 Å². The fourth-order valence-electron chi connectivity index (χ4n) is 2.53. The van der Waals surface area contributed by atoms with Crippen LogP contribution in [-0.2, 0) is 11.3 Å². The zero-order valence-electron chi connectivity index (χ0n) is 15.4. The Kier molecular flexibility index (Phi) is 6.29. The van der Waals surface area contributed by atoms with Gasteiger partial charge in [0.2, 0.25) is 5.91 Å². The van der Waals surface area contributed by atoms with Gasteiger partial charge in [-0.3, -0.25) is 4.79 Å². The molecule has 0 fully saturated rings. The Balaban J connectivity index is 1.66. The van der Waals surface area contributed by atoms with Gasteiger partial charge >= 0.3 is 0 Å². The molecular formula is C20H19ClN4O3. The number of rotatable bonds is 7. The molecule has 3 rings (SSSR count). The van der Waals surface area contributed by atoms with Crippen LogP contribution in [0.15, 0.2) is 54.7 Å². The summed E-state index contributed by atoms with van der Waals surface area (Å²) in [6, 6.07) is 13.1. The highest BCUT2D eigenvalue weighted by atomic mass is 35.5. The van der Waals surface area contributed by atoms with Gasteiger partial charge in [0, 0.05) is 18.2 Å². The fraction of sp³-hybridized carbons (Fsp3) is 0.150. The summed E-state index contributed by atoms with van der Waals surface area (Å²) in [4.78, 5) is 12.3. The molecule has 0 atom stereocenters. The van der Waals surface area contributed by atoms with Crippen molar-refractivity contribution < 1.29 is 14.3 Å². The Hall–Kier alpha value is -3.32. The van der Waals surface area contributed by atoms with Crippen molar-refractivity contribution in [1.29, 1.82) is 0 Å². The van der Waals surface area contributed by atoms with Crippen molar-refractivity contribution in [1.82, 2.24) is 15.0 Å². The third-order valence-corrected chi connectivity index (χ3v) is 4.18. The van der Waals surface area contributed by atoms with Crippen LogP contribution < -0.4 is 14.8 Å². The number of hydrogen-bond donors (Lipinski definition) is 1. The van der Waals surface area contributed by atoms with Crippen molar-refractivity contribution in [2.45, 2.75) is 6.54 Å². The zero-order valence-corrected chi connectivity index (χ0v) is 16.2. The van der Waals surface area contributed by atoms with E-state index in [9.17, 15) is 4.79 Å². The Morgan fingerprint density at radius 2 is 1.93 bits per heavy atom. The molecule has 0 aliphatic heterocycles. The summed E-state index contributed by atoms with van der Waals surface area (Å²) < 4.78 is 12.1. The van der Waals surface area contributed by atoms with E-state index in [-0.39, 0.29) is 5.91 Å². The van der Waals surface area contributed by atoms with Crippen LogP contribution in [0.25, 0.3) is 6.08 Å². The highest BCUT2D eigenvalue weighted by molar-refractivity contribution is 6.32. The number of methoxy groups -OCH3 is 2. The number of nitrogens with zero attached hydrogens (tertiary/aromatic N) is 3. The predicted molar refractivity (Wildman–Crippen MR) is 108 cm³/mol. The molecular weight excluding hydrogens is 380 g/mol. The Labute approximate surface area is 167 Å². The molecule has 8 heteroatoms. The molecule has 1 amide bonds. The normalized spacial score (nSPS) is 10.8. The van der Waals surface area contributed by atoms with Crippen molar-refractivity contribution in [2.75, 3.05) is 19.5 Å². The van der Waals surface area contributed by atoms with Crippen LogP contribution in [0.1, 0.15) is 11.3 Å². The highest BCUT2D eigenvalue weighted by Gasteiger charge is 2.11. The largest absolute Gasteiger partial charge is 0.495 e. The number of ether oxygens (including phenoxy) is 2. The van der Waals surface area contributed by atoms with Crippen molar-refractivity contribution in [3.8, 4) is 11.5 Å². The summed E-state index contributed by atoms with van der Waals surface area (Å²) in [5.74, 6) is 0.521. The molecule has 1 aromatic heterocycles. The minimum absolute atomic E-state index is 0.347. The minimum atomic E-state index is -0.347. The van der Waals surface area contributed by atoms with Gasteiger partial charge in [0.05, 0.1) is 37.7 Å². The second-order valence-electron chi connectivity index (χ2n) is 5.84.